The van der Waals surface area contributed by atoms with Crippen LogP contribution in [0.3, 0.4) is 0 Å². The Morgan fingerprint density at radius 3 is 2.38 bits per heavy atom. The number of amides is 1. The third-order valence-electron chi connectivity index (χ3n) is 4.71. The van der Waals surface area contributed by atoms with E-state index >= 15 is 0 Å². The van der Waals surface area contributed by atoms with Crippen LogP contribution in [-0.4, -0.2) is 10.9 Å². The van der Waals surface area contributed by atoms with Gasteiger partial charge in [-0.15, -0.1) is 0 Å². The van der Waals surface area contributed by atoms with Gasteiger partial charge in [-0.2, -0.15) is 13.2 Å². The fourth-order valence-electron chi connectivity index (χ4n) is 3.33. The molecule has 1 amide bonds. The Morgan fingerprint density at radius 1 is 0.931 bits per heavy atom. The van der Waals surface area contributed by atoms with Crippen molar-refractivity contribution in [2.24, 2.45) is 0 Å². The second-order valence-corrected chi connectivity index (χ2v) is 6.83. The largest absolute Gasteiger partial charge is 0.416 e. The standard InChI is InChI=1S/C23H17F3N2O/c1-14-12-16-13-18(10-11-21(16)27-14)28-22(29)20-5-3-2-4-19(20)15-6-8-17(9-7-15)23(24,25)26/h2-13,27H,1H3,(H,28,29). The molecule has 3 aromatic carbocycles. The van der Waals surface area contributed by atoms with Gasteiger partial charge in [-0.1, -0.05) is 30.3 Å². The Kier molecular flexibility index (Phi) is 4.62. The van der Waals surface area contributed by atoms with Crippen LogP contribution in [0.4, 0.5) is 18.9 Å². The summed E-state index contributed by atoms with van der Waals surface area (Å²) in [5.41, 5.74) is 3.42. The van der Waals surface area contributed by atoms with E-state index in [1.54, 1.807) is 30.3 Å². The maximum Gasteiger partial charge on any atom is 0.416 e. The minimum atomic E-state index is -4.40. The van der Waals surface area contributed by atoms with Gasteiger partial charge >= 0.3 is 6.18 Å². The molecule has 0 atom stereocenters. The topological polar surface area (TPSA) is 44.9 Å². The van der Waals surface area contributed by atoms with Crippen LogP contribution in [0.5, 0.6) is 0 Å². The lowest BCUT2D eigenvalue weighted by Gasteiger charge is -2.12. The molecule has 0 bridgehead atoms. The van der Waals surface area contributed by atoms with Gasteiger partial charge in [0.15, 0.2) is 0 Å². The van der Waals surface area contributed by atoms with Gasteiger partial charge in [0.2, 0.25) is 0 Å². The fraction of sp³-hybridized carbons (Fsp3) is 0.0870. The average molecular weight is 394 g/mol. The van der Waals surface area contributed by atoms with Crippen LogP contribution in [0.15, 0.2) is 72.8 Å². The van der Waals surface area contributed by atoms with Gasteiger partial charge in [0.25, 0.3) is 5.91 Å². The van der Waals surface area contributed by atoms with Crippen LogP contribution in [0, 0.1) is 6.92 Å². The number of halogens is 3. The maximum absolute atomic E-state index is 12.9. The first-order chi connectivity index (χ1) is 13.8. The Hall–Kier alpha value is -3.54. The molecule has 0 aliphatic carbocycles. The first-order valence-electron chi connectivity index (χ1n) is 8.99. The van der Waals surface area contributed by atoms with Gasteiger partial charge in [0.05, 0.1) is 5.56 Å². The number of hydrogen-bond acceptors (Lipinski definition) is 1. The predicted molar refractivity (Wildman–Crippen MR) is 108 cm³/mol. The van der Waals surface area contributed by atoms with Crippen molar-refractivity contribution in [2.45, 2.75) is 13.1 Å². The fourth-order valence-corrected chi connectivity index (χ4v) is 3.33. The molecule has 0 saturated heterocycles. The molecule has 0 spiro atoms. The lowest BCUT2D eigenvalue weighted by molar-refractivity contribution is -0.137. The van der Waals surface area contributed by atoms with Gasteiger partial charge < -0.3 is 10.3 Å². The third kappa shape index (κ3) is 3.87. The number of alkyl halides is 3. The summed E-state index contributed by atoms with van der Waals surface area (Å²) < 4.78 is 38.5. The monoisotopic (exact) mass is 394 g/mol. The molecule has 2 N–H and O–H groups in total. The summed E-state index contributed by atoms with van der Waals surface area (Å²) in [6.07, 6.45) is -4.40. The van der Waals surface area contributed by atoms with E-state index in [-0.39, 0.29) is 5.91 Å². The number of rotatable bonds is 3. The van der Waals surface area contributed by atoms with Crippen molar-refractivity contribution in [1.82, 2.24) is 4.98 Å². The highest BCUT2D eigenvalue weighted by Crippen LogP contribution is 2.32. The molecule has 0 radical (unpaired) electrons. The van der Waals surface area contributed by atoms with Gasteiger partial charge in [-0.25, -0.2) is 0 Å². The summed E-state index contributed by atoms with van der Waals surface area (Å²) in [7, 11) is 0. The third-order valence-corrected chi connectivity index (χ3v) is 4.71. The normalized spacial score (nSPS) is 11.6. The maximum atomic E-state index is 12.9. The van der Waals surface area contributed by atoms with E-state index in [1.807, 2.05) is 25.1 Å². The van der Waals surface area contributed by atoms with Crippen molar-refractivity contribution >= 4 is 22.5 Å². The summed E-state index contributed by atoms with van der Waals surface area (Å²) in [6, 6.07) is 19.2. The molecule has 0 fully saturated rings. The highest BCUT2D eigenvalue weighted by atomic mass is 19.4. The van der Waals surface area contributed by atoms with Crippen molar-refractivity contribution in [3.63, 3.8) is 0 Å². The van der Waals surface area contributed by atoms with Crippen LogP contribution in [0.25, 0.3) is 22.0 Å². The molecule has 146 valence electrons. The highest BCUT2D eigenvalue weighted by Gasteiger charge is 2.30. The lowest BCUT2D eigenvalue weighted by Crippen LogP contribution is -2.13. The molecular formula is C23H17F3N2O. The van der Waals surface area contributed by atoms with Crippen LogP contribution < -0.4 is 5.32 Å². The van der Waals surface area contributed by atoms with Crippen LogP contribution in [0.1, 0.15) is 21.6 Å². The van der Waals surface area contributed by atoms with E-state index in [4.69, 9.17) is 0 Å². The van der Waals surface area contributed by atoms with Crippen molar-refractivity contribution < 1.29 is 18.0 Å². The first kappa shape index (κ1) is 18.8. The van der Waals surface area contributed by atoms with E-state index in [0.717, 1.165) is 28.7 Å². The van der Waals surface area contributed by atoms with E-state index in [1.165, 1.54) is 12.1 Å². The predicted octanol–water partition coefficient (Wildman–Crippen LogP) is 6.41. The Morgan fingerprint density at radius 2 is 1.66 bits per heavy atom. The Labute approximate surface area is 165 Å². The molecule has 0 aliphatic heterocycles. The van der Waals surface area contributed by atoms with Crippen LogP contribution in [0.2, 0.25) is 0 Å². The second kappa shape index (κ2) is 7.13. The number of carbonyl (C=O) groups excluding carboxylic acids is 1. The molecule has 1 aromatic heterocycles. The molecular weight excluding hydrogens is 377 g/mol. The number of H-pyrrole nitrogens is 1. The van der Waals surface area contributed by atoms with Crippen molar-refractivity contribution in [3.8, 4) is 11.1 Å². The molecule has 4 aromatic rings. The Balaban J connectivity index is 1.64. The van der Waals surface area contributed by atoms with E-state index in [2.05, 4.69) is 10.3 Å². The number of hydrogen-bond donors (Lipinski definition) is 2. The van der Waals surface area contributed by atoms with Gasteiger partial charge in [-0.3, -0.25) is 4.79 Å². The molecule has 29 heavy (non-hydrogen) atoms. The van der Waals surface area contributed by atoms with Crippen molar-refractivity contribution in [1.29, 1.82) is 0 Å². The van der Waals surface area contributed by atoms with Crippen LogP contribution >= 0.6 is 0 Å². The molecule has 1 heterocycles. The SMILES string of the molecule is Cc1cc2cc(NC(=O)c3ccccc3-c3ccc(C(F)(F)F)cc3)ccc2[nH]1. The zero-order valence-corrected chi connectivity index (χ0v) is 15.5. The van der Waals surface area contributed by atoms with E-state index < -0.39 is 11.7 Å². The quantitative estimate of drug-likeness (QED) is 0.414. The summed E-state index contributed by atoms with van der Waals surface area (Å²) in [6.45, 7) is 1.96. The van der Waals surface area contributed by atoms with Gasteiger partial charge in [-0.05, 0) is 60.5 Å². The summed E-state index contributed by atoms with van der Waals surface area (Å²) in [4.78, 5) is 16.1. The first-order valence-corrected chi connectivity index (χ1v) is 8.99. The number of fused-ring (bicyclic) bond motifs is 1. The molecule has 0 aliphatic rings. The minimum absolute atomic E-state index is 0.327. The van der Waals surface area contributed by atoms with E-state index in [0.29, 0.717) is 22.4 Å². The average Bonchev–Trinajstić information content (AvgIpc) is 3.06. The number of anilines is 1. The number of benzene rings is 3. The number of aromatic nitrogens is 1. The van der Waals surface area contributed by atoms with Crippen molar-refractivity contribution in [3.05, 3.63) is 89.6 Å². The zero-order valence-electron chi connectivity index (χ0n) is 15.5. The second-order valence-electron chi connectivity index (χ2n) is 6.83. The number of carbonyl (C=O) groups is 1. The van der Waals surface area contributed by atoms with Crippen LogP contribution in [-0.2, 0) is 6.18 Å². The highest BCUT2D eigenvalue weighted by molar-refractivity contribution is 6.09. The van der Waals surface area contributed by atoms with Gasteiger partial charge in [0, 0.05) is 27.8 Å². The molecule has 4 rings (SSSR count). The minimum Gasteiger partial charge on any atom is -0.359 e. The summed E-state index contributed by atoms with van der Waals surface area (Å²) in [5.74, 6) is -0.327. The summed E-state index contributed by atoms with van der Waals surface area (Å²) >= 11 is 0. The van der Waals surface area contributed by atoms with E-state index in [9.17, 15) is 18.0 Å². The lowest BCUT2D eigenvalue weighted by atomic mass is 9.98. The number of nitrogens with one attached hydrogen (secondary N) is 2. The smallest absolute Gasteiger partial charge is 0.359 e. The summed E-state index contributed by atoms with van der Waals surface area (Å²) in [5, 5.41) is 3.86. The molecule has 6 heteroatoms. The zero-order chi connectivity index (χ0) is 20.6. The number of aryl methyl sites for hydroxylation is 1. The molecule has 0 unspecified atom stereocenters. The van der Waals surface area contributed by atoms with Gasteiger partial charge in [0.1, 0.15) is 0 Å². The Bertz CT molecular complexity index is 1190. The number of aromatic amines is 1. The molecule has 3 nitrogen and oxygen atoms in total. The molecule has 0 saturated carbocycles. The van der Waals surface area contributed by atoms with Crippen molar-refractivity contribution in [2.75, 3.05) is 5.32 Å².